The number of aromatic nitrogens is 4. The Labute approximate surface area is 102 Å². The average molecular weight is 247 g/mol. The lowest BCUT2D eigenvalue weighted by molar-refractivity contribution is 0.271. The van der Waals surface area contributed by atoms with Gasteiger partial charge in [-0.1, -0.05) is 0 Å². The van der Waals surface area contributed by atoms with Gasteiger partial charge in [0.05, 0.1) is 30.3 Å². The molecular weight excluding hydrogens is 238 g/mol. The Morgan fingerprint density at radius 2 is 2.41 bits per heavy atom. The standard InChI is InChI=1S/C10H9N5OS/c1-15-8(6-16)5-12-10(15)17-9-7(4-11)2-3-13-14-9/h2-3,5,16H,6H2,1H3. The van der Waals surface area contributed by atoms with Crippen molar-refractivity contribution in [1.29, 1.82) is 5.26 Å². The number of imidazole rings is 1. The molecule has 0 unspecified atom stereocenters. The third-order valence-corrected chi connectivity index (χ3v) is 3.26. The van der Waals surface area contributed by atoms with E-state index in [1.807, 2.05) is 6.07 Å². The Balaban J connectivity index is 2.32. The molecule has 0 aliphatic carbocycles. The van der Waals surface area contributed by atoms with E-state index in [1.54, 1.807) is 23.9 Å². The van der Waals surface area contributed by atoms with Gasteiger partial charge in [0.1, 0.15) is 11.1 Å². The summed E-state index contributed by atoms with van der Waals surface area (Å²) in [6.07, 6.45) is 3.06. The fraction of sp³-hybridized carbons (Fsp3) is 0.200. The predicted molar refractivity (Wildman–Crippen MR) is 60.0 cm³/mol. The zero-order valence-corrected chi connectivity index (χ0v) is 9.85. The number of nitrogens with zero attached hydrogens (tertiary/aromatic N) is 5. The van der Waals surface area contributed by atoms with Crippen LogP contribution in [0.1, 0.15) is 11.3 Å². The molecule has 0 saturated heterocycles. The summed E-state index contributed by atoms with van der Waals surface area (Å²) >= 11 is 1.25. The smallest absolute Gasteiger partial charge is 0.174 e. The highest BCUT2D eigenvalue weighted by atomic mass is 32.2. The van der Waals surface area contributed by atoms with Crippen LogP contribution < -0.4 is 0 Å². The van der Waals surface area contributed by atoms with Gasteiger partial charge in [-0.3, -0.25) is 0 Å². The van der Waals surface area contributed by atoms with Crippen molar-refractivity contribution in [2.24, 2.45) is 7.05 Å². The van der Waals surface area contributed by atoms with Gasteiger partial charge in [-0.05, 0) is 17.8 Å². The maximum atomic E-state index is 9.05. The molecule has 2 rings (SSSR count). The first-order valence-electron chi connectivity index (χ1n) is 4.77. The van der Waals surface area contributed by atoms with Gasteiger partial charge in [0.15, 0.2) is 5.16 Å². The minimum absolute atomic E-state index is 0.0738. The van der Waals surface area contributed by atoms with Gasteiger partial charge < -0.3 is 9.67 Å². The zero-order valence-electron chi connectivity index (χ0n) is 9.03. The van der Waals surface area contributed by atoms with Crippen LogP contribution in [0.25, 0.3) is 0 Å². The summed E-state index contributed by atoms with van der Waals surface area (Å²) in [5.74, 6) is 0. The number of rotatable bonds is 3. The van der Waals surface area contributed by atoms with Gasteiger partial charge in [0.2, 0.25) is 0 Å². The lowest BCUT2D eigenvalue weighted by atomic mass is 10.3. The molecule has 86 valence electrons. The van der Waals surface area contributed by atoms with Crippen molar-refractivity contribution in [1.82, 2.24) is 19.7 Å². The van der Waals surface area contributed by atoms with Crippen LogP contribution in [0.2, 0.25) is 0 Å². The summed E-state index contributed by atoms with van der Waals surface area (Å²) in [5, 5.41) is 26.8. The first-order valence-corrected chi connectivity index (χ1v) is 5.59. The Kier molecular flexibility index (Phi) is 3.37. The van der Waals surface area contributed by atoms with Crippen LogP contribution in [0.15, 0.2) is 28.6 Å². The molecule has 7 heteroatoms. The van der Waals surface area contributed by atoms with Gasteiger partial charge in [0.25, 0.3) is 0 Å². The highest BCUT2D eigenvalue weighted by molar-refractivity contribution is 7.99. The molecular formula is C10H9N5OS. The van der Waals surface area contributed by atoms with E-state index in [1.165, 1.54) is 18.0 Å². The molecule has 0 saturated carbocycles. The fourth-order valence-electron chi connectivity index (χ4n) is 1.23. The third-order valence-electron chi connectivity index (χ3n) is 2.20. The van der Waals surface area contributed by atoms with Gasteiger partial charge in [-0.25, -0.2) is 4.98 Å². The topological polar surface area (TPSA) is 87.6 Å². The molecule has 17 heavy (non-hydrogen) atoms. The maximum absolute atomic E-state index is 9.05. The molecule has 0 amide bonds. The largest absolute Gasteiger partial charge is 0.390 e. The van der Waals surface area contributed by atoms with Crippen molar-refractivity contribution in [2.45, 2.75) is 16.8 Å². The normalized spacial score (nSPS) is 10.2. The minimum atomic E-state index is -0.0738. The molecule has 0 radical (unpaired) electrons. The fourth-order valence-corrected chi connectivity index (χ4v) is 2.08. The summed E-state index contributed by atoms with van der Waals surface area (Å²) in [6, 6.07) is 3.65. The van der Waals surface area contributed by atoms with E-state index in [4.69, 9.17) is 10.4 Å². The van der Waals surface area contributed by atoms with Crippen LogP contribution >= 0.6 is 11.8 Å². The van der Waals surface area contributed by atoms with Gasteiger partial charge >= 0.3 is 0 Å². The van der Waals surface area contributed by atoms with E-state index < -0.39 is 0 Å². The van der Waals surface area contributed by atoms with Crippen molar-refractivity contribution in [3.8, 4) is 6.07 Å². The average Bonchev–Trinajstić information content (AvgIpc) is 2.71. The van der Waals surface area contributed by atoms with E-state index in [-0.39, 0.29) is 6.61 Å². The van der Waals surface area contributed by atoms with Crippen LogP contribution in [0.4, 0.5) is 0 Å². The third kappa shape index (κ3) is 2.27. The second kappa shape index (κ2) is 4.95. The van der Waals surface area contributed by atoms with Crippen molar-refractivity contribution >= 4 is 11.8 Å². The summed E-state index contributed by atoms with van der Waals surface area (Å²) in [4.78, 5) is 4.15. The number of nitriles is 1. The Hall–Kier alpha value is -1.91. The van der Waals surface area contributed by atoms with E-state index in [9.17, 15) is 0 Å². The van der Waals surface area contributed by atoms with E-state index in [0.29, 0.717) is 21.4 Å². The highest BCUT2D eigenvalue weighted by Gasteiger charge is 2.11. The Morgan fingerprint density at radius 3 is 3.06 bits per heavy atom. The minimum Gasteiger partial charge on any atom is -0.390 e. The molecule has 0 atom stereocenters. The molecule has 0 aliphatic rings. The van der Waals surface area contributed by atoms with Gasteiger partial charge in [0, 0.05) is 7.05 Å². The quantitative estimate of drug-likeness (QED) is 0.860. The number of hydrogen-bond donors (Lipinski definition) is 1. The Morgan fingerprint density at radius 1 is 1.59 bits per heavy atom. The van der Waals surface area contributed by atoms with Crippen LogP contribution in [-0.4, -0.2) is 24.9 Å². The van der Waals surface area contributed by atoms with E-state index in [0.717, 1.165) is 0 Å². The molecule has 2 aromatic heterocycles. The lowest BCUT2D eigenvalue weighted by Crippen LogP contribution is -1.98. The molecule has 1 N–H and O–H groups in total. The van der Waals surface area contributed by atoms with Crippen LogP contribution in [0.3, 0.4) is 0 Å². The summed E-state index contributed by atoms with van der Waals surface area (Å²) in [7, 11) is 1.79. The second-order valence-corrected chi connectivity index (χ2v) is 4.17. The summed E-state index contributed by atoms with van der Waals surface area (Å²) < 4.78 is 1.75. The molecule has 2 heterocycles. The van der Waals surface area contributed by atoms with Gasteiger partial charge in [-0.2, -0.15) is 10.4 Å². The van der Waals surface area contributed by atoms with Crippen LogP contribution in [0.5, 0.6) is 0 Å². The summed E-state index contributed by atoms with van der Waals surface area (Å²) in [5.41, 5.74) is 1.16. The first-order chi connectivity index (χ1) is 8.26. The molecule has 0 spiro atoms. The summed E-state index contributed by atoms with van der Waals surface area (Å²) in [6.45, 7) is -0.0738. The number of aliphatic hydroxyl groups excluding tert-OH is 1. The van der Waals surface area contributed by atoms with Crippen molar-refractivity contribution in [3.63, 3.8) is 0 Å². The Bertz CT molecular complexity index is 574. The predicted octanol–water partition coefficient (Wildman–Crippen LogP) is 0.725. The van der Waals surface area contributed by atoms with Crippen molar-refractivity contribution < 1.29 is 5.11 Å². The van der Waals surface area contributed by atoms with Gasteiger partial charge in [-0.15, -0.1) is 5.10 Å². The van der Waals surface area contributed by atoms with E-state index in [2.05, 4.69) is 15.2 Å². The number of aliphatic hydroxyl groups is 1. The molecule has 0 aliphatic heterocycles. The highest BCUT2D eigenvalue weighted by Crippen LogP contribution is 2.26. The first kappa shape index (κ1) is 11.6. The zero-order chi connectivity index (χ0) is 12.3. The molecule has 0 bridgehead atoms. The lowest BCUT2D eigenvalue weighted by Gasteiger charge is -2.03. The van der Waals surface area contributed by atoms with Crippen molar-refractivity contribution in [2.75, 3.05) is 0 Å². The molecule has 2 aromatic rings. The van der Waals surface area contributed by atoms with Crippen LogP contribution in [-0.2, 0) is 13.7 Å². The molecule has 6 nitrogen and oxygen atoms in total. The van der Waals surface area contributed by atoms with Crippen molar-refractivity contribution in [3.05, 3.63) is 29.7 Å². The number of hydrogen-bond acceptors (Lipinski definition) is 6. The van der Waals surface area contributed by atoms with Crippen LogP contribution in [0, 0.1) is 11.3 Å². The second-order valence-electron chi connectivity index (χ2n) is 3.21. The molecule has 0 aromatic carbocycles. The molecule has 0 fully saturated rings. The maximum Gasteiger partial charge on any atom is 0.174 e. The monoisotopic (exact) mass is 247 g/mol. The van der Waals surface area contributed by atoms with E-state index >= 15 is 0 Å². The SMILES string of the molecule is Cn1c(CO)cnc1Sc1nnccc1C#N.